The van der Waals surface area contributed by atoms with Crippen LogP contribution in [0.15, 0.2) is 36.5 Å². The summed E-state index contributed by atoms with van der Waals surface area (Å²) in [6, 6.07) is 9.27. The molecule has 2 N–H and O–H groups in total. The molecule has 1 atom stereocenters. The van der Waals surface area contributed by atoms with Gasteiger partial charge < -0.3 is 25.2 Å². The zero-order chi connectivity index (χ0) is 21.6. The fraction of sp³-hybridized carbons (Fsp3) is 0.455. The molecule has 0 radical (unpaired) electrons. The van der Waals surface area contributed by atoms with Gasteiger partial charge in [-0.25, -0.2) is 0 Å². The number of amides is 2. The van der Waals surface area contributed by atoms with Crippen LogP contribution in [-0.2, 0) is 9.59 Å². The number of hydrogen-bond donors (Lipinski definition) is 2. The third-order valence-electron chi connectivity index (χ3n) is 5.72. The summed E-state index contributed by atoms with van der Waals surface area (Å²) in [7, 11) is 1.60. The first-order valence-corrected chi connectivity index (χ1v) is 10.7. The third-order valence-corrected chi connectivity index (χ3v) is 5.72. The SMILES string of the molecule is COc1ccc(N2CC(C(=O)NCCNc3cc(N4CCCC4)cnn3)CC2=O)cc1. The molecule has 2 aliphatic heterocycles. The van der Waals surface area contributed by atoms with Gasteiger partial charge in [0.25, 0.3) is 0 Å². The Balaban J connectivity index is 1.23. The minimum Gasteiger partial charge on any atom is -0.497 e. The first kappa shape index (κ1) is 20.9. The maximum absolute atomic E-state index is 12.5. The van der Waals surface area contributed by atoms with Gasteiger partial charge in [-0.2, -0.15) is 5.10 Å². The van der Waals surface area contributed by atoms with Gasteiger partial charge in [-0.15, -0.1) is 5.10 Å². The second kappa shape index (κ2) is 9.63. The Morgan fingerprint density at radius 3 is 2.68 bits per heavy atom. The zero-order valence-electron chi connectivity index (χ0n) is 17.7. The molecule has 31 heavy (non-hydrogen) atoms. The van der Waals surface area contributed by atoms with E-state index in [9.17, 15) is 9.59 Å². The van der Waals surface area contributed by atoms with Crippen molar-refractivity contribution in [3.63, 3.8) is 0 Å². The van der Waals surface area contributed by atoms with Crippen LogP contribution in [0.3, 0.4) is 0 Å². The fourth-order valence-corrected chi connectivity index (χ4v) is 4.01. The van der Waals surface area contributed by atoms with Crippen molar-refractivity contribution in [1.29, 1.82) is 0 Å². The first-order valence-electron chi connectivity index (χ1n) is 10.7. The van der Waals surface area contributed by atoms with Crippen LogP contribution in [0.1, 0.15) is 19.3 Å². The Morgan fingerprint density at radius 1 is 1.16 bits per heavy atom. The lowest BCUT2D eigenvalue weighted by Gasteiger charge is -2.18. The molecule has 0 spiro atoms. The van der Waals surface area contributed by atoms with E-state index in [2.05, 4.69) is 25.7 Å². The summed E-state index contributed by atoms with van der Waals surface area (Å²) in [5.74, 6) is 0.918. The van der Waals surface area contributed by atoms with Crippen LogP contribution in [0.2, 0.25) is 0 Å². The molecule has 2 fully saturated rings. The first-order chi connectivity index (χ1) is 15.1. The Bertz CT molecular complexity index is 914. The molecule has 1 aromatic heterocycles. The minimum atomic E-state index is -0.354. The second-order valence-electron chi connectivity index (χ2n) is 7.81. The highest BCUT2D eigenvalue weighted by Crippen LogP contribution is 2.27. The predicted molar refractivity (Wildman–Crippen MR) is 118 cm³/mol. The highest BCUT2D eigenvalue weighted by atomic mass is 16.5. The van der Waals surface area contributed by atoms with E-state index in [1.807, 2.05) is 30.3 Å². The van der Waals surface area contributed by atoms with Crippen LogP contribution in [-0.4, -0.2) is 61.8 Å². The second-order valence-corrected chi connectivity index (χ2v) is 7.81. The maximum atomic E-state index is 12.5. The number of rotatable bonds is 8. The largest absolute Gasteiger partial charge is 0.497 e. The summed E-state index contributed by atoms with van der Waals surface area (Å²) >= 11 is 0. The van der Waals surface area contributed by atoms with Crippen LogP contribution in [0.25, 0.3) is 0 Å². The number of ether oxygens (including phenoxy) is 1. The highest BCUT2D eigenvalue weighted by molar-refractivity contribution is 6.00. The smallest absolute Gasteiger partial charge is 0.227 e. The lowest BCUT2D eigenvalue weighted by Crippen LogP contribution is -2.35. The summed E-state index contributed by atoms with van der Waals surface area (Å²) < 4.78 is 5.15. The lowest BCUT2D eigenvalue weighted by atomic mass is 10.1. The summed E-state index contributed by atoms with van der Waals surface area (Å²) in [5.41, 5.74) is 1.85. The summed E-state index contributed by atoms with van der Waals surface area (Å²) in [6.45, 7) is 3.46. The topological polar surface area (TPSA) is 99.7 Å². The molecule has 164 valence electrons. The standard InChI is InChI=1S/C22H28N6O3/c1-31-19-6-4-17(5-7-19)28-15-16(12-21(28)29)22(30)24-9-8-23-20-13-18(14-25-26-20)27-10-2-3-11-27/h4-7,13-14,16H,2-3,8-12,15H2,1H3,(H,23,26)(H,24,30). The molecule has 2 saturated heterocycles. The van der Waals surface area contributed by atoms with Gasteiger partial charge in [0.2, 0.25) is 11.8 Å². The number of aromatic nitrogens is 2. The van der Waals surface area contributed by atoms with Crippen molar-refractivity contribution in [2.45, 2.75) is 19.3 Å². The minimum absolute atomic E-state index is 0.0440. The van der Waals surface area contributed by atoms with Crippen molar-refractivity contribution in [3.05, 3.63) is 36.5 Å². The summed E-state index contributed by atoms with van der Waals surface area (Å²) in [5, 5.41) is 14.3. The molecule has 2 amide bonds. The van der Waals surface area contributed by atoms with Gasteiger partial charge in [-0.3, -0.25) is 9.59 Å². The number of nitrogens with zero attached hydrogens (tertiary/aromatic N) is 4. The molecular weight excluding hydrogens is 396 g/mol. The molecule has 0 bridgehead atoms. The molecule has 1 unspecified atom stereocenters. The Hall–Kier alpha value is -3.36. The fourth-order valence-electron chi connectivity index (χ4n) is 4.01. The molecule has 0 aliphatic carbocycles. The molecular formula is C22H28N6O3. The van der Waals surface area contributed by atoms with Gasteiger partial charge in [0.15, 0.2) is 5.82 Å². The van der Waals surface area contributed by atoms with E-state index in [0.717, 1.165) is 30.2 Å². The van der Waals surface area contributed by atoms with Crippen molar-refractivity contribution in [2.24, 2.45) is 5.92 Å². The van der Waals surface area contributed by atoms with Crippen molar-refractivity contribution in [1.82, 2.24) is 15.5 Å². The van der Waals surface area contributed by atoms with E-state index < -0.39 is 0 Å². The van der Waals surface area contributed by atoms with E-state index in [0.29, 0.717) is 25.5 Å². The molecule has 2 aliphatic rings. The van der Waals surface area contributed by atoms with E-state index >= 15 is 0 Å². The van der Waals surface area contributed by atoms with Gasteiger partial charge >= 0.3 is 0 Å². The number of anilines is 3. The molecule has 9 nitrogen and oxygen atoms in total. The van der Waals surface area contributed by atoms with Crippen LogP contribution in [0, 0.1) is 5.92 Å². The quantitative estimate of drug-likeness (QED) is 0.622. The number of benzene rings is 1. The van der Waals surface area contributed by atoms with Gasteiger partial charge in [0, 0.05) is 50.9 Å². The Labute approximate surface area is 181 Å². The van der Waals surface area contributed by atoms with Gasteiger partial charge in [-0.05, 0) is 37.1 Å². The molecule has 4 rings (SSSR count). The van der Waals surface area contributed by atoms with Crippen molar-refractivity contribution in [2.75, 3.05) is 55.0 Å². The van der Waals surface area contributed by atoms with E-state index in [1.165, 1.54) is 12.8 Å². The molecule has 9 heteroatoms. The van der Waals surface area contributed by atoms with Crippen molar-refractivity contribution in [3.8, 4) is 5.75 Å². The normalized spacial score (nSPS) is 18.4. The maximum Gasteiger partial charge on any atom is 0.227 e. The van der Waals surface area contributed by atoms with Gasteiger partial charge in [0.1, 0.15) is 5.75 Å². The van der Waals surface area contributed by atoms with Gasteiger partial charge in [-0.1, -0.05) is 0 Å². The average Bonchev–Trinajstić information content (AvgIpc) is 3.47. The molecule has 0 saturated carbocycles. The Morgan fingerprint density at radius 2 is 1.94 bits per heavy atom. The van der Waals surface area contributed by atoms with Gasteiger partial charge in [0.05, 0.1) is 24.9 Å². The lowest BCUT2D eigenvalue weighted by molar-refractivity contribution is -0.126. The molecule has 1 aromatic carbocycles. The average molecular weight is 425 g/mol. The molecule has 3 heterocycles. The summed E-state index contributed by atoms with van der Waals surface area (Å²) in [6.07, 6.45) is 4.41. The summed E-state index contributed by atoms with van der Waals surface area (Å²) in [4.78, 5) is 28.9. The number of hydrogen-bond acceptors (Lipinski definition) is 7. The van der Waals surface area contributed by atoms with Crippen LogP contribution in [0.4, 0.5) is 17.2 Å². The number of carbonyl (C=O) groups is 2. The number of methoxy groups -OCH3 is 1. The Kier molecular flexibility index (Phi) is 6.49. The van der Waals surface area contributed by atoms with Crippen molar-refractivity contribution >= 4 is 29.0 Å². The van der Waals surface area contributed by atoms with Crippen LogP contribution >= 0.6 is 0 Å². The van der Waals surface area contributed by atoms with Crippen LogP contribution < -0.4 is 25.2 Å². The van der Waals surface area contributed by atoms with Crippen molar-refractivity contribution < 1.29 is 14.3 Å². The third kappa shape index (κ3) is 5.04. The highest BCUT2D eigenvalue weighted by Gasteiger charge is 2.34. The predicted octanol–water partition coefficient (Wildman–Crippen LogP) is 1.67. The monoisotopic (exact) mass is 424 g/mol. The van der Waals surface area contributed by atoms with Crippen LogP contribution in [0.5, 0.6) is 5.75 Å². The molecule has 2 aromatic rings. The van der Waals surface area contributed by atoms with E-state index in [-0.39, 0.29) is 24.2 Å². The number of nitrogens with one attached hydrogen (secondary N) is 2. The zero-order valence-corrected chi connectivity index (χ0v) is 17.7. The van der Waals surface area contributed by atoms with E-state index in [4.69, 9.17) is 4.74 Å². The van der Waals surface area contributed by atoms with E-state index in [1.54, 1.807) is 18.2 Å². The number of carbonyl (C=O) groups excluding carboxylic acids is 2.